The predicted molar refractivity (Wildman–Crippen MR) is 85.9 cm³/mol. The number of carbonyl (C=O) groups excluding carboxylic acids is 2. The molecule has 0 spiro atoms. The molecule has 1 aromatic rings. The summed E-state index contributed by atoms with van der Waals surface area (Å²) in [6.45, 7) is 2.95. The first kappa shape index (κ1) is 17.4. The Labute approximate surface area is 138 Å². The quantitative estimate of drug-likeness (QED) is 0.512. The molecule has 9 nitrogen and oxygen atoms in total. The zero-order valence-corrected chi connectivity index (χ0v) is 13.8. The van der Waals surface area contributed by atoms with E-state index < -0.39 is 17.5 Å². The van der Waals surface area contributed by atoms with Crippen LogP contribution in [0.25, 0.3) is 0 Å². The molecule has 1 aliphatic rings. The summed E-state index contributed by atoms with van der Waals surface area (Å²) in [5.74, 6) is -0.683. The minimum atomic E-state index is -1.95. The molecule has 128 valence electrons. The molecule has 2 rings (SSSR count). The van der Waals surface area contributed by atoms with Gasteiger partial charge >= 0.3 is 6.09 Å². The molecule has 0 aromatic heterocycles. The highest BCUT2D eigenvalue weighted by Gasteiger charge is 2.59. The molecule has 0 fully saturated rings. The first-order valence-corrected chi connectivity index (χ1v) is 7.01. The van der Waals surface area contributed by atoms with Crippen molar-refractivity contribution in [3.05, 3.63) is 30.3 Å². The molecule has 1 aromatic carbocycles. The third-order valence-electron chi connectivity index (χ3n) is 3.69. The van der Waals surface area contributed by atoms with Crippen LogP contribution in [0.4, 0.5) is 10.5 Å². The highest BCUT2D eigenvalue weighted by atomic mass is 16.6. The fourth-order valence-corrected chi connectivity index (χ4v) is 2.56. The van der Waals surface area contributed by atoms with Gasteiger partial charge in [0.25, 0.3) is 5.91 Å². The van der Waals surface area contributed by atoms with E-state index >= 15 is 0 Å². The minimum absolute atomic E-state index is 0.0302. The number of rotatable bonds is 4. The van der Waals surface area contributed by atoms with Gasteiger partial charge in [-0.3, -0.25) is 10.0 Å². The zero-order valence-electron chi connectivity index (χ0n) is 13.8. The van der Waals surface area contributed by atoms with Gasteiger partial charge in [-0.15, -0.1) is 0 Å². The number of hydroxylamine groups is 2. The van der Waals surface area contributed by atoms with Crippen LogP contribution in [0.15, 0.2) is 40.6 Å². The first-order valence-electron chi connectivity index (χ1n) is 7.01. The molecule has 9 heteroatoms. The maximum atomic E-state index is 13.1. The smallest absolute Gasteiger partial charge is 0.435 e. The van der Waals surface area contributed by atoms with Gasteiger partial charge in [0.05, 0.1) is 24.2 Å². The summed E-state index contributed by atoms with van der Waals surface area (Å²) in [4.78, 5) is 29.7. The number of carbonyl (C=O) groups is 2. The number of ether oxygens (including phenoxy) is 1. The monoisotopic (exact) mass is 334 g/mol. The second-order valence-electron chi connectivity index (χ2n) is 4.99. The summed E-state index contributed by atoms with van der Waals surface area (Å²) in [7, 11) is 2.38. The average molecular weight is 334 g/mol. The summed E-state index contributed by atoms with van der Waals surface area (Å²) >= 11 is 0. The van der Waals surface area contributed by atoms with Crippen molar-refractivity contribution in [2.75, 3.05) is 19.2 Å². The maximum absolute atomic E-state index is 13.1. The lowest BCUT2D eigenvalue weighted by atomic mass is 9.88. The molecule has 1 heterocycles. The fraction of sp³-hybridized carbons (Fsp3) is 0.333. The first-order chi connectivity index (χ1) is 11.4. The highest BCUT2D eigenvalue weighted by molar-refractivity contribution is 6.37. The summed E-state index contributed by atoms with van der Waals surface area (Å²) in [5.41, 5.74) is -1.30. The second-order valence-corrected chi connectivity index (χ2v) is 4.99. The zero-order chi connectivity index (χ0) is 17.9. The van der Waals surface area contributed by atoms with E-state index in [1.165, 1.54) is 21.0 Å². The van der Waals surface area contributed by atoms with Gasteiger partial charge in [0.1, 0.15) is 7.11 Å². The molecule has 1 atom stereocenters. The van der Waals surface area contributed by atoms with Crippen LogP contribution in [0, 0.1) is 0 Å². The number of amides is 2. The van der Waals surface area contributed by atoms with Gasteiger partial charge in [0, 0.05) is 0 Å². The van der Waals surface area contributed by atoms with E-state index in [0.717, 1.165) is 12.1 Å². The SMILES string of the molecule is CON=C(C)C1(N(O)C(=O)OC)C(=O)N(c2ccccc2)N=C1C. The van der Waals surface area contributed by atoms with E-state index in [2.05, 4.69) is 15.0 Å². The standard InChI is InChI=1S/C15H18N4O5/c1-10-15(11(2)17-24-4,19(22)14(21)23-3)13(20)18(16-10)12-8-6-5-7-9-12/h5-9,22H,1-4H3. The van der Waals surface area contributed by atoms with Crippen molar-refractivity contribution < 1.29 is 24.4 Å². The lowest BCUT2D eigenvalue weighted by molar-refractivity contribution is -0.141. The molecule has 1 unspecified atom stereocenters. The van der Waals surface area contributed by atoms with Crippen LogP contribution >= 0.6 is 0 Å². The van der Waals surface area contributed by atoms with Gasteiger partial charge in [-0.05, 0) is 26.0 Å². The van der Waals surface area contributed by atoms with Crippen LogP contribution in [0.5, 0.6) is 0 Å². The lowest BCUT2D eigenvalue weighted by Gasteiger charge is -2.33. The van der Waals surface area contributed by atoms with Crippen LogP contribution in [0.2, 0.25) is 0 Å². The Morgan fingerprint density at radius 1 is 1.33 bits per heavy atom. The Kier molecular flexibility index (Phi) is 4.84. The fourth-order valence-electron chi connectivity index (χ4n) is 2.56. The summed E-state index contributed by atoms with van der Waals surface area (Å²) < 4.78 is 4.53. The Morgan fingerprint density at radius 2 is 1.96 bits per heavy atom. The van der Waals surface area contributed by atoms with Crippen molar-refractivity contribution in [1.29, 1.82) is 0 Å². The van der Waals surface area contributed by atoms with Gasteiger partial charge in [0.2, 0.25) is 5.54 Å². The molecular weight excluding hydrogens is 316 g/mol. The molecule has 0 bridgehead atoms. The summed E-state index contributed by atoms with van der Waals surface area (Å²) in [5, 5.41) is 19.5. The van der Waals surface area contributed by atoms with Gasteiger partial charge < -0.3 is 9.57 Å². The summed E-state index contributed by atoms with van der Waals surface area (Å²) in [6.07, 6.45) is -1.13. The Bertz CT molecular complexity index is 703. The largest absolute Gasteiger partial charge is 0.451 e. The van der Waals surface area contributed by atoms with E-state index in [1.54, 1.807) is 30.3 Å². The van der Waals surface area contributed by atoms with Crippen LogP contribution in [0.3, 0.4) is 0 Å². The molecule has 1 aliphatic heterocycles. The number of oxime groups is 1. The van der Waals surface area contributed by atoms with Crippen molar-refractivity contribution in [3.63, 3.8) is 0 Å². The van der Waals surface area contributed by atoms with Crippen molar-refractivity contribution in [2.24, 2.45) is 10.3 Å². The third-order valence-corrected chi connectivity index (χ3v) is 3.69. The number of nitrogens with zero attached hydrogens (tertiary/aromatic N) is 4. The van der Waals surface area contributed by atoms with Gasteiger partial charge in [-0.1, -0.05) is 23.4 Å². The van der Waals surface area contributed by atoms with E-state index in [-0.39, 0.29) is 16.5 Å². The molecule has 2 amide bonds. The number of anilines is 1. The van der Waals surface area contributed by atoms with Crippen molar-refractivity contribution in [1.82, 2.24) is 5.06 Å². The van der Waals surface area contributed by atoms with Crippen LogP contribution in [-0.2, 0) is 14.4 Å². The number of para-hydroxylation sites is 1. The molecule has 1 N–H and O–H groups in total. The van der Waals surface area contributed by atoms with Gasteiger partial charge in [0.15, 0.2) is 0 Å². The van der Waals surface area contributed by atoms with E-state index in [9.17, 15) is 14.8 Å². The van der Waals surface area contributed by atoms with E-state index in [4.69, 9.17) is 4.84 Å². The molecular formula is C15H18N4O5. The van der Waals surface area contributed by atoms with Gasteiger partial charge in [-0.25, -0.2) is 4.79 Å². The van der Waals surface area contributed by atoms with Crippen molar-refractivity contribution in [3.8, 4) is 0 Å². The van der Waals surface area contributed by atoms with Crippen LogP contribution in [-0.4, -0.2) is 53.5 Å². The number of methoxy groups -OCH3 is 1. The third kappa shape index (κ3) is 2.48. The van der Waals surface area contributed by atoms with Gasteiger partial charge in [-0.2, -0.15) is 15.2 Å². The van der Waals surface area contributed by atoms with Crippen molar-refractivity contribution in [2.45, 2.75) is 19.4 Å². The van der Waals surface area contributed by atoms with Crippen molar-refractivity contribution >= 4 is 29.1 Å². The Hall–Kier alpha value is -2.94. The molecule has 0 radical (unpaired) electrons. The Morgan fingerprint density at radius 3 is 2.50 bits per heavy atom. The second kappa shape index (κ2) is 6.67. The number of hydrogen-bond donors (Lipinski definition) is 1. The molecule has 24 heavy (non-hydrogen) atoms. The average Bonchev–Trinajstić information content (AvgIpc) is 2.86. The highest BCUT2D eigenvalue weighted by Crippen LogP contribution is 2.32. The number of hydrogen-bond acceptors (Lipinski definition) is 7. The normalized spacial score (nSPS) is 20.7. The minimum Gasteiger partial charge on any atom is -0.451 e. The van der Waals surface area contributed by atoms with Crippen LogP contribution < -0.4 is 5.01 Å². The number of hydrazone groups is 1. The Balaban J connectivity index is 2.60. The number of benzene rings is 1. The van der Waals surface area contributed by atoms with Crippen LogP contribution in [0.1, 0.15) is 13.8 Å². The lowest BCUT2D eigenvalue weighted by Crippen LogP contribution is -2.64. The van der Waals surface area contributed by atoms with E-state index in [1.807, 2.05) is 0 Å². The summed E-state index contributed by atoms with van der Waals surface area (Å²) in [6, 6.07) is 8.61. The molecule has 0 saturated carbocycles. The maximum Gasteiger partial charge on any atom is 0.435 e. The predicted octanol–water partition coefficient (Wildman–Crippen LogP) is 1.63. The molecule has 0 saturated heterocycles. The van der Waals surface area contributed by atoms with E-state index in [0.29, 0.717) is 5.69 Å². The topological polar surface area (TPSA) is 104 Å². The molecule has 0 aliphatic carbocycles.